The Morgan fingerprint density at radius 2 is 2.11 bits per heavy atom. The molecule has 1 rings (SSSR count). The van der Waals surface area contributed by atoms with Crippen LogP contribution in [0.25, 0.3) is 0 Å². The zero-order chi connectivity index (χ0) is 13.8. The number of ketones is 1. The van der Waals surface area contributed by atoms with Crippen molar-refractivity contribution in [3.63, 3.8) is 0 Å². The van der Waals surface area contributed by atoms with Crippen molar-refractivity contribution in [2.75, 3.05) is 0 Å². The van der Waals surface area contributed by atoms with E-state index in [4.69, 9.17) is 0 Å². The first kappa shape index (κ1) is 15.2. The summed E-state index contributed by atoms with van der Waals surface area (Å²) in [5.74, 6) is 0.752. The van der Waals surface area contributed by atoms with Gasteiger partial charge in [-0.2, -0.15) is 0 Å². The molecule has 0 aliphatic rings. The number of carbonyl (C=O) groups excluding carboxylic acids is 1. The molecule has 1 aromatic heterocycles. The quantitative estimate of drug-likeness (QED) is 0.862. The molecule has 0 aromatic carbocycles. The fourth-order valence-electron chi connectivity index (χ4n) is 1.77. The molecule has 102 valence electrons. The van der Waals surface area contributed by atoms with Crippen LogP contribution in [0.3, 0.4) is 0 Å². The molecule has 1 aromatic rings. The molecule has 0 saturated carbocycles. The highest BCUT2D eigenvalue weighted by atomic mass is 32.1. The van der Waals surface area contributed by atoms with Gasteiger partial charge < -0.3 is 5.32 Å². The van der Waals surface area contributed by atoms with Crippen molar-refractivity contribution in [2.24, 2.45) is 11.3 Å². The van der Waals surface area contributed by atoms with Crippen LogP contribution < -0.4 is 5.32 Å². The van der Waals surface area contributed by atoms with Crippen LogP contribution in [0, 0.1) is 11.3 Å². The molecule has 0 bridgehead atoms. The summed E-state index contributed by atoms with van der Waals surface area (Å²) in [6.07, 6.45) is 0.855. The zero-order valence-electron chi connectivity index (χ0n) is 11.9. The van der Waals surface area contributed by atoms with E-state index in [0.717, 1.165) is 12.1 Å². The topological polar surface area (TPSA) is 54.9 Å². The van der Waals surface area contributed by atoms with E-state index in [1.807, 2.05) is 26.2 Å². The fraction of sp³-hybridized carbons (Fsp3) is 0.769. The number of aromatic nitrogens is 2. The second-order valence-corrected chi connectivity index (χ2v) is 6.68. The highest BCUT2D eigenvalue weighted by molar-refractivity contribution is 7.03. The van der Waals surface area contributed by atoms with Gasteiger partial charge in [-0.3, -0.25) is 4.79 Å². The van der Waals surface area contributed by atoms with Crippen LogP contribution in [0.4, 0.5) is 0 Å². The average Bonchev–Trinajstić information content (AvgIpc) is 2.74. The first-order chi connectivity index (χ1) is 8.30. The Hall–Kier alpha value is -0.810. The van der Waals surface area contributed by atoms with E-state index < -0.39 is 0 Å². The highest BCUT2D eigenvalue weighted by Gasteiger charge is 2.29. The van der Waals surface area contributed by atoms with Crippen LogP contribution in [0.1, 0.15) is 46.7 Å². The summed E-state index contributed by atoms with van der Waals surface area (Å²) >= 11 is 1.33. The summed E-state index contributed by atoms with van der Waals surface area (Å²) in [7, 11) is 0. The molecule has 0 aliphatic carbocycles. The summed E-state index contributed by atoms with van der Waals surface area (Å²) in [5, 5.41) is 9.20. The number of rotatable bonds is 6. The van der Waals surface area contributed by atoms with Gasteiger partial charge in [-0.05, 0) is 23.9 Å². The van der Waals surface area contributed by atoms with Crippen molar-refractivity contribution in [3.05, 3.63) is 11.1 Å². The van der Waals surface area contributed by atoms with Crippen LogP contribution >= 0.6 is 11.5 Å². The first-order valence-corrected chi connectivity index (χ1v) is 7.18. The third-order valence-electron chi connectivity index (χ3n) is 2.70. The van der Waals surface area contributed by atoms with Crippen molar-refractivity contribution in [3.8, 4) is 0 Å². The Bertz CT molecular complexity index is 368. The van der Waals surface area contributed by atoms with E-state index >= 15 is 0 Å². The summed E-state index contributed by atoms with van der Waals surface area (Å²) in [5.41, 5.74) is 0.586. The number of Topliss-reactive ketones (excluding diaryl/α,β-unsaturated/α-hetero) is 1. The number of nitrogens with zero attached hydrogens (tertiary/aromatic N) is 2. The van der Waals surface area contributed by atoms with Crippen LogP contribution in [-0.2, 0) is 11.3 Å². The third kappa shape index (κ3) is 4.82. The molecule has 0 unspecified atom stereocenters. The minimum Gasteiger partial charge on any atom is -0.302 e. The Labute approximate surface area is 113 Å². The van der Waals surface area contributed by atoms with Gasteiger partial charge >= 0.3 is 0 Å². The first-order valence-electron chi connectivity index (χ1n) is 6.34. The average molecular weight is 269 g/mol. The number of nitrogens with one attached hydrogen (secondary N) is 1. The molecule has 0 saturated heterocycles. The normalized spacial score (nSPS) is 13.9. The predicted octanol–water partition coefficient (Wildman–Crippen LogP) is 2.66. The van der Waals surface area contributed by atoms with Crippen molar-refractivity contribution in [1.29, 1.82) is 0 Å². The second-order valence-electron chi connectivity index (χ2n) is 6.07. The van der Waals surface area contributed by atoms with Gasteiger partial charge in [0.05, 0.1) is 11.7 Å². The fourth-order valence-corrected chi connectivity index (χ4v) is 2.22. The van der Waals surface area contributed by atoms with Crippen LogP contribution in [0.2, 0.25) is 0 Å². The van der Waals surface area contributed by atoms with Crippen molar-refractivity contribution < 1.29 is 4.79 Å². The maximum atomic E-state index is 12.4. The van der Waals surface area contributed by atoms with E-state index in [1.165, 1.54) is 11.5 Å². The molecule has 0 amide bonds. The number of carbonyl (C=O) groups is 1. The Morgan fingerprint density at radius 1 is 1.44 bits per heavy atom. The van der Waals surface area contributed by atoms with Gasteiger partial charge in [-0.1, -0.05) is 39.1 Å². The molecule has 0 radical (unpaired) electrons. The monoisotopic (exact) mass is 269 g/mol. The molecular weight excluding hydrogens is 246 g/mol. The summed E-state index contributed by atoms with van der Waals surface area (Å²) in [4.78, 5) is 12.4. The van der Waals surface area contributed by atoms with E-state index in [0.29, 0.717) is 12.5 Å². The minimum atomic E-state index is -0.313. The van der Waals surface area contributed by atoms with Gasteiger partial charge in [0.15, 0.2) is 5.78 Å². The lowest BCUT2D eigenvalue weighted by molar-refractivity contribution is -0.128. The van der Waals surface area contributed by atoms with Gasteiger partial charge in [0.1, 0.15) is 0 Å². The van der Waals surface area contributed by atoms with Gasteiger partial charge in [-0.25, -0.2) is 0 Å². The second kappa shape index (κ2) is 6.38. The maximum absolute atomic E-state index is 12.4. The van der Waals surface area contributed by atoms with Gasteiger partial charge in [0.2, 0.25) is 0 Å². The molecule has 4 nitrogen and oxygen atoms in total. The van der Waals surface area contributed by atoms with Crippen molar-refractivity contribution in [2.45, 2.75) is 53.6 Å². The molecule has 1 N–H and O–H groups in total. The van der Waals surface area contributed by atoms with E-state index in [-0.39, 0.29) is 17.2 Å². The van der Waals surface area contributed by atoms with E-state index in [1.54, 1.807) is 0 Å². The van der Waals surface area contributed by atoms with Crippen molar-refractivity contribution in [1.82, 2.24) is 14.9 Å². The molecule has 0 spiro atoms. The largest absolute Gasteiger partial charge is 0.302 e. The van der Waals surface area contributed by atoms with Crippen molar-refractivity contribution >= 4 is 17.3 Å². The summed E-state index contributed by atoms with van der Waals surface area (Å²) in [6.45, 7) is 10.8. The Morgan fingerprint density at radius 3 is 2.56 bits per heavy atom. The van der Waals surface area contributed by atoms with Gasteiger partial charge in [0, 0.05) is 17.3 Å². The zero-order valence-corrected chi connectivity index (χ0v) is 12.7. The number of hydrogen-bond acceptors (Lipinski definition) is 5. The summed E-state index contributed by atoms with van der Waals surface area (Å²) in [6, 6.07) is -0.105. The van der Waals surface area contributed by atoms with Crippen LogP contribution in [0.15, 0.2) is 5.38 Å². The minimum absolute atomic E-state index is 0.105. The summed E-state index contributed by atoms with van der Waals surface area (Å²) < 4.78 is 3.82. The SMILES string of the molecule is CC(C)C[C@@H](NCc1csnn1)C(=O)C(C)(C)C. The molecule has 0 fully saturated rings. The Balaban J connectivity index is 2.63. The smallest absolute Gasteiger partial charge is 0.155 e. The molecule has 1 heterocycles. The standard InChI is InChI=1S/C13H23N3OS/c1-9(2)6-11(12(17)13(3,4)5)14-7-10-8-18-16-15-10/h8-9,11,14H,6-7H2,1-5H3/t11-/m1/s1. The molecule has 1 atom stereocenters. The third-order valence-corrected chi connectivity index (χ3v) is 3.25. The van der Waals surface area contributed by atoms with Crippen LogP contribution in [-0.4, -0.2) is 21.4 Å². The molecular formula is C13H23N3OS. The molecule has 18 heavy (non-hydrogen) atoms. The molecule has 0 aliphatic heterocycles. The highest BCUT2D eigenvalue weighted by Crippen LogP contribution is 2.20. The lowest BCUT2D eigenvalue weighted by Crippen LogP contribution is -2.43. The van der Waals surface area contributed by atoms with Crippen LogP contribution in [0.5, 0.6) is 0 Å². The number of hydrogen-bond donors (Lipinski definition) is 1. The van der Waals surface area contributed by atoms with E-state index in [9.17, 15) is 4.79 Å². The lowest BCUT2D eigenvalue weighted by Gasteiger charge is -2.26. The molecule has 5 heteroatoms. The Kier molecular flexibility index (Phi) is 5.41. The predicted molar refractivity (Wildman–Crippen MR) is 74.5 cm³/mol. The van der Waals surface area contributed by atoms with E-state index in [2.05, 4.69) is 28.8 Å². The van der Waals surface area contributed by atoms with Gasteiger partial charge in [-0.15, -0.1) is 5.10 Å². The lowest BCUT2D eigenvalue weighted by atomic mass is 9.83. The van der Waals surface area contributed by atoms with Gasteiger partial charge in [0.25, 0.3) is 0 Å². The maximum Gasteiger partial charge on any atom is 0.155 e.